The second-order valence-corrected chi connectivity index (χ2v) is 2.71. The zero-order valence-electron chi connectivity index (χ0n) is 6.25. The summed E-state index contributed by atoms with van der Waals surface area (Å²) in [6.45, 7) is 2.21. The Hall–Kier alpha value is -0.470. The molecule has 62 valence electrons. The summed E-state index contributed by atoms with van der Waals surface area (Å²) in [4.78, 5) is 0. The van der Waals surface area contributed by atoms with Gasteiger partial charge in [-0.3, -0.25) is 0 Å². The summed E-state index contributed by atoms with van der Waals surface area (Å²) >= 11 is 0. The SMILES string of the molecule is Cl.c1coc(C2CCNC2)c1. The molecule has 0 saturated carbocycles. The Morgan fingerprint density at radius 1 is 1.55 bits per heavy atom. The van der Waals surface area contributed by atoms with E-state index in [1.165, 1.54) is 6.42 Å². The molecule has 2 rings (SSSR count). The van der Waals surface area contributed by atoms with Gasteiger partial charge in [0.05, 0.1) is 6.26 Å². The fraction of sp³-hybridized carbons (Fsp3) is 0.500. The van der Waals surface area contributed by atoms with Crippen molar-refractivity contribution in [1.29, 1.82) is 0 Å². The third kappa shape index (κ3) is 1.76. The van der Waals surface area contributed by atoms with Crippen LogP contribution in [0.3, 0.4) is 0 Å². The summed E-state index contributed by atoms with van der Waals surface area (Å²) in [5.74, 6) is 1.75. The van der Waals surface area contributed by atoms with E-state index in [1.54, 1.807) is 6.26 Å². The third-order valence-corrected chi connectivity index (χ3v) is 2.01. The van der Waals surface area contributed by atoms with E-state index in [4.69, 9.17) is 4.42 Å². The molecule has 1 saturated heterocycles. The van der Waals surface area contributed by atoms with Gasteiger partial charge in [-0.2, -0.15) is 0 Å². The number of furan rings is 1. The van der Waals surface area contributed by atoms with Gasteiger partial charge in [-0.25, -0.2) is 0 Å². The van der Waals surface area contributed by atoms with E-state index >= 15 is 0 Å². The summed E-state index contributed by atoms with van der Waals surface area (Å²) in [5.41, 5.74) is 0. The molecule has 11 heavy (non-hydrogen) atoms. The first-order valence-corrected chi connectivity index (χ1v) is 3.71. The molecular weight excluding hydrogens is 162 g/mol. The molecule has 1 N–H and O–H groups in total. The van der Waals surface area contributed by atoms with Crippen LogP contribution in [-0.4, -0.2) is 13.1 Å². The van der Waals surface area contributed by atoms with Gasteiger partial charge in [0.1, 0.15) is 5.76 Å². The van der Waals surface area contributed by atoms with Crippen LogP contribution >= 0.6 is 12.4 Å². The number of hydrogen-bond acceptors (Lipinski definition) is 2. The van der Waals surface area contributed by atoms with Crippen LogP contribution in [0.15, 0.2) is 22.8 Å². The molecule has 1 aromatic heterocycles. The van der Waals surface area contributed by atoms with E-state index in [0.29, 0.717) is 5.92 Å². The maximum atomic E-state index is 5.28. The molecule has 2 heterocycles. The van der Waals surface area contributed by atoms with Crippen molar-refractivity contribution in [2.24, 2.45) is 0 Å². The zero-order valence-corrected chi connectivity index (χ0v) is 7.06. The van der Waals surface area contributed by atoms with Crippen molar-refractivity contribution in [3.8, 4) is 0 Å². The Morgan fingerprint density at radius 3 is 3.00 bits per heavy atom. The molecule has 1 aliphatic heterocycles. The normalized spacial score (nSPS) is 23.1. The summed E-state index contributed by atoms with van der Waals surface area (Å²) < 4.78 is 5.28. The number of halogens is 1. The van der Waals surface area contributed by atoms with Crippen molar-refractivity contribution in [2.75, 3.05) is 13.1 Å². The molecule has 3 heteroatoms. The van der Waals surface area contributed by atoms with Crippen molar-refractivity contribution in [3.05, 3.63) is 24.2 Å². The lowest BCUT2D eigenvalue weighted by atomic mass is 10.1. The molecule has 1 unspecified atom stereocenters. The first-order valence-electron chi connectivity index (χ1n) is 3.71. The monoisotopic (exact) mass is 173 g/mol. The Labute approximate surface area is 72.4 Å². The van der Waals surface area contributed by atoms with E-state index in [0.717, 1.165) is 18.8 Å². The molecule has 0 spiro atoms. The van der Waals surface area contributed by atoms with Gasteiger partial charge in [-0.15, -0.1) is 12.4 Å². The highest BCUT2D eigenvalue weighted by atomic mass is 35.5. The Kier molecular flexibility index (Phi) is 2.97. The maximum absolute atomic E-state index is 5.28. The highest BCUT2D eigenvalue weighted by Gasteiger charge is 2.18. The van der Waals surface area contributed by atoms with E-state index in [9.17, 15) is 0 Å². The summed E-state index contributed by atoms with van der Waals surface area (Å²) in [5, 5.41) is 3.30. The van der Waals surface area contributed by atoms with Gasteiger partial charge in [-0.05, 0) is 25.1 Å². The van der Waals surface area contributed by atoms with Crippen molar-refractivity contribution < 1.29 is 4.42 Å². The van der Waals surface area contributed by atoms with E-state index in [1.807, 2.05) is 6.07 Å². The van der Waals surface area contributed by atoms with Gasteiger partial charge in [0.2, 0.25) is 0 Å². The predicted octanol–water partition coefficient (Wildman–Crippen LogP) is 1.78. The van der Waals surface area contributed by atoms with Gasteiger partial charge in [-0.1, -0.05) is 0 Å². The van der Waals surface area contributed by atoms with Gasteiger partial charge in [0.15, 0.2) is 0 Å². The van der Waals surface area contributed by atoms with E-state index in [-0.39, 0.29) is 12.4 Å². The summed E-state index contributed by atoms with van der Waals surface area (Å²) in [6.07, 6.45) is 2.96. The van der Waals surface area contributed by atoms with Crippen LogP contribution in [-0.2, 0) is 0 Å². The number of hydrogen-bond donors (Lipinski definition) is 1. The third-order valence-electron chi connectivity index (χ3n) is 2.01. The quantitative estimate of drug-likeness (QED) is 0.701. The number of rotatable bonds is 1. The smallest absolute Gasteiger partial charge is 0.108 e. The Morgan fingerprint density at radius 2 is 2.45 bits per heavy atom. The first-order chi connectivity index (χ1) is 4.97. The van der Waals surface area contributed by atoms with Crippen LogP contribution in [0.1, 0.15) is 18.1 Å². The molecule has 0 radical (unpaired) electrons. The second-order valence-electron chi connectivity index (χ2n) is 2.71. The largest absolute Gasteiger partial charge is 0.469 e. The average Bonchev–Trinajstić information content (AvgIpc) is 2.59. The second kappa shape index (κ2) is 3.79. The molecule has 0 bridgehead atoms. The maximum Gasteiger partial charge on any atom is 0.108 e. The molecule has 1 aliphatic rings. The Balaban J connectivity index is 0.000000605. The molecule has 1 atom stereocenters. The summed E-state index contributed by atoms with van der Waals surface area (Å²) in [6, 6.07) is 4.01. The molecule has 1 fully saturated rings. The number of nitrogens with one attached hydrogen (secondary N) is 1. The molecule has 1 aromatic rings. The van der Waals surface area contributed by atoms with Crippen LogP contribution in [0, 0.1) is 0 Å². The van der Waals surface area contributed by atoms with Crippen LogP contribution in [0.5, 0.6) is 0 Å². The lowest BCUT2D eigenvalue weighted by Crippen LogP contribution is -2.07. The first kappa shape index (κ1) is 8.62. The van der Waals surface area contributed by atoms with Crippen LogP contribution < -0.4 is 5.32 Å². The topological polar surface area (TPSA) is 25.2 Å². The van der Waals surface area contributed by atoms with E-state index in [2.05, 4.69) is 11.4 Å². The molecule has 0 aliphatic carbocycles. The van der Waals surface area contributed by atoms with Gasteiger partial charge >= 0.3 is 0 Å². The minimum Gasteiger partial charge on any atom is -0.469 e. The fourth-order valence-corrected chi connectivity index (χ4v) is 1.42. The van der Waals surface area contributed by atoms with Gasteiger partial charge in [0.25, 0.3) is 0 Å². The van der Waals surface area contributed by atoms with E-state index < -0.39 is 0 Å². The van der Waals surface area contributed by atoms with Crippen LogP contribution in [0.25, 0.3) is 0 Å². The van der Waals surface area contributed by atoms with Crippen molar-refractivity contribution >= 4 is 12.4 Å². The Bertz CT molecular complexity index is 192. The van der Waals surface area contributed by atoms with Crippen molar-refractivity contribution in [3.63, 3.8) is 0 Å². The van der Waals surface area contributed by atoms with Crippen molar-refractivity contribution in [2.45, 2.75) is 12.3 Å². The molecule has 0 amide bonds. The average molecular weight is 174 g/mol. The van der Waals surface area contributed by atoms with Crippen LogP contribution in [0.2, 0.25) is 0 Å². The predicted molar refractivity (Wildman–Crippen MR) is 46.2 cm³/mol. The van der Waals surface area contributed by atoms with Crippen LogP contribution in [0.4, 0.5) is 0 Å². The lowest BCUT2D eigenvalue weighted by Gasteiger charge is -2.01. The minimum atomic E-state index is 0. The standard InChI is InChI=1S/C8H11NO.ClH/c1-2-8(10-5-1)7-3-4-9-6-7;/h1-2,5,7,9H,3-4,6H2;1H. The molecule has 2 nitrogen and oxygen atoms in total. The van der Waals surface area contributed by atoms with Gasteiger partial charge < -0.3 is 9.73 Å². The highest BCUT2D eigenvalue weighted by molar-refractivity contribution is 5.85. The summed E-state index contributed by atoms with van der Waals surface area (Å²) in [7, 11) is 0. The van der Waals surface area contributed by atoms with Crippen molar-refractivity contribution in [1.82, 2.24) is 5.32 Å². The highest BCUT2D eigenvalue weighted by Crippen LogP contribution is 2.21. The van der Waals surface area contributed by atoms with Gasteiger partial charge in [0, 0.05) is 12.5 Å². The fourth-order valence-electron chi connectivity index (χ4n) is 1.42. The molecular formula is C8H12ClNO. The zero-order chi connectivity index (χ0) is 6.81. The minimum absolute atomic E-state index is 0. The lowest BCUT2D eigenvalue weighted by molar-refractivity contribution is 0.474. The molecule has 0 aromatic carbocycles.